The minimum atomic E-state index is 0.0265. The van der Waals surface area contributed by atoms with Gasteiger partial charge < -0.3 is 15.4 Å². The molecule has 0 saturated heterocycles. The molecule has 4 heteroatoms. The van der Waals surface area contributed by atoms with Crippen LogP contribution in [0.25, 0.3) is 0 Å². The molecule has 0 aliphatic heterocycles. The fraction of sp³-hybridized carbons (Fsp3) is 0.462. The lowest BCUT2D eigenvalue weighted by molar-refractivity contribution is -0.121. The van der Waals surface area contributed by atoms with Gasteiger partial charge in [0.25, 0.3) is 0 Å². The average molecular weight is 236 g/mol. The molecule has 1 aromatic rings. The number of hydrogen-bond acceptors (Lipinski definition) is 3. The molecule has 0 fully saturated rings. The maximum atomic E-state index is 11.2. The highest BCUT2D eigenvalue weighted by Gasteiger charge is 2.03. The van der Waals surface area contributed by atoms with Crippen molar-refractivity contribution in [1.29, 1.82) is 0 Å². The zero-order chi connectivity index (χ0) is 12.5. The molecular formula is C13H20N2O2. The van der Waals surface area contributed by atoms with Gasteiger partial charge in [-0.1, -0.05) is 18.2 Å². The van der Waals surface area contributed by atoms with Gasteiger partial charge in [0.2, 0.25) is 5.91 Å². The van der Waals surface area contributed by atoms with E-state index in [2.05, 4.69) is 10.6 Å². The first kappa shape index (κ1) is 13.5. The molecule has 0 atom stereocenters. The topological polar surface area (TPSA) is 50.4 Å². The number of rotatable bonds is 7. The van der Waals surface area contributed by atoms with Gasteiger partial charge in [-0.3, -0.25) is 4.79 Å². The summed E-state index contributed by atoms with van der Waals surface area (Å²) >= 11 is 0. The Labute approximate surface area is 102 Å². The summed E-state index contributed by atoms with van der Waals surface area (Å²) in [6.45, 7) is 3.74. The molecule has 94 valence electrons. The maximum Gasteiger partial charge on any atom is 0.223 e. The second-order valence-electron chi connectivity index (χ2n) is 3.69. The van der Waals surface area contributed by atoms with Crippen molar-refractivity contribution in [3.8, 4) is 5.75 Å². The third-order valence-electron chi connectivity index (χ3n) is 2.30. The minimum Gasteiger partial charge on any atom is -0.493 e. The van der Waals surface area contributed by atoms with Crippen LogP contribution in [0.4, 0.5) is 0 Å². The van der Waals surface area contributed by atoms with Crippen molar-refractivity contribution >= 4 is 5.91 Å². The Morgan fingerprint density at radius 1 is 1.35 bits per heavy atom. The summed E-state index contributed by atoms with van der Waals surface area (Å²) in [6.07, 6.45) is 0.391. The standard InChI is InChI=1S/C13H20N2O2/c1-3-15-13(16)8-9-17-12-7-5-4-6-11(12)10-14-2/h4-7,14H,3,8-10H2,1-2H3,(H,15,16). The summed E-state index contributed by atoms with van der Waals surface area (Å²) in [4.78, 5) is 11.2. The Hall–Kier alpha value is -1.55. The molecule has 0 bridgehead atoms. The highest BCUT2D eigenvalue weighted by molar-refractivity contribution is 5.75. The van der Waals surface area contributed by atoms with Crippen LogP contribution in [0.2, 0.25) is 0 Å². The van der Waals surface area contributed by atoms with Gasteiger partial charge >= 0.3 is 0 Å². The van der Waals surface area contributed by atoms with Crippen LogP contribution >= 0.6 is 0 Å². The maximum absolute atomic E-state index is 11.2. The summed E-state index contributed by atoms with van der Waals surface area (Å²) in [6, 6.07) is 7.84. The molecule has 2 N–H and O–H groups in total. The van der Waals surface area contributed by atoms with Crippen molar-refractivity contribution in [2.24, 2.45) is 0 Å². The van der Waals surface area contributed by atoms with Crippen LogP contribution in [0.3, 0.4) is 0 Å². The molecule has 1 amide bonds. The van der Waals surface area contributed by atoms with E-state index in [0.29, 0.717) is 19.6 Å². The van der Waals surface area contributed by atoms with E-state index in [4.69, 9.17) is 4.74 Å². The van der Waals surface area contributed by atoms with Gasteiger partial charge in [-0.15, -0.1) is 0 Å². The molecule has 1 aromatic carbocycles. The Bertz CT molecular complexity index is 353. The number of nitrogens with one attached hydrogen (secondary N) is 2. The lowest BCUT2D eigenvalue weighted by atomic mass is 10.2. The molecule has 0 heterocycles. The monoisotopic (exact) mass is 236 g/mol. The first-order chi connectivity index (χ1) is 8.27. The van der Waals surface area contributed by atoms with Crippen LogP contribution in [-0.4, -0.2) is 26.1 Å². The molecule has 0 aliphatic carbocycles. The predicted octanol–water partition coefficient (Wildman–Crippen LogP) is 1.31. The quantitative estimate of drug-likeness (QED) is 0.750. The van der Waals surface area contributed by atoms with Crippen molar-refractivity contribution < 1.29 is 9.53 Å². The van der Waals surface area contributed by atoms with Gasteiger partial charge in [-0.25, -0.2) is 0 Å². The van der Waals surface area contributed by atoms with Gasteiger partial charge in [-0.2, -0.15) is 0 Å². The minimum absolute atomic E-state index is 0.0265. The predicted molar refractivity (Wildman–Crippen MR) is 68.0 cm³/mol. The lowest BCUT2D eigenvalue weighted by Gasteiger charge is -2.10. The SMILES string of the molecule is CCNC(=O)CCOc1ccccc1CNC. The molecular weight excluding hydrogens is 216 g/mol. The molecule has 0 aromatic heterocycles. The fourth-order valence-corrected chi connectivity index (χ4v) is 1.52. The van der Waals surface area contributed by atoms with E-state index < -0.39 is 0 Å². The molecule has 0 aliphatic rings. The van der Waals surface area contributed by atoms with E-state index >= 15 is 0 Å². The zero-order valence-electron chi connectivity index (χ0n) is 10.5. The van der Waals surface area contributed by atoms with Crippen LogP contribution in [0, 0.1) is 0 Å². The molecule has 17 heavy (non-hydrogen) atoms. The van der Waals surface area contributed by atoms with Crippen molar-refractivity contribution in [2.75, 3.05) is 20.2 Å². The molecule has 0 unspecified atom stereocenters. The Morgan fingerprint density at radius 3 is 2.82 bits per heavy atom. The van der Waals surface area contributed by atoms with Gasteiger partial charge in [0.15, 0.2) is 0 Å². The molecule has 0 saturated carbocycles. The van der Waals surface area contributed by atoms with E-state index in [-0.39, 0.29) is 5.91 Å². The largest absolute Gasteiger partial charge is 0.493 e. The van der Waals surface area contributed by atoms with E-state index in [1.165, 1.54) is 0 Å². The van der Waals surface area contributed by atoms with E-state index in [1.807, 2.05) is 38.2 Å². The van der Waals surface area contributed by atoms with E-state index in [1.54, 1.807) is 0 Å². The molecule has 4 nitrogen and oxygen atoms in total. The van der Waals surface area contributed by atoms with E-state index in [9.17, 15) is 4.79 Å². The van der Waals surface area contributed by atoms with Gasteiger partial charge in [0.1, 0.15) is 5.75 Å². The second-order valence-corrected chi connectivity index (χ2v) is 3.69. The number of amides is 1. The highest BCUT2D eigenvalue weighted by atomic mass is 16.5. The highest BCUT2D eigenvalue weighted by Crippen LogP contribution is 2.17. The lowest BCUT2D eigenvalue weighted by Crippen LogP contribution is -2.24. The summed E-state index contributed by atoms with van der Waals surface area (Å²) in [5, 5.41) is 5.82. The number of carbonyl (C=O) groups is 1. The number of ether oxygens (including phenoxy) is 1. The Kier molecular flexibility index (Phi) is 6.10. The van der Waals surface area contributed by atoms with Crippen LogP contribution < -0.4 is 15.4 Å². The van der Waals surface area contributed by atoms with Crippen molar-refractivity contribution in [3.63, 3.8) is 0 Å². The third-order valence-corrected chi connectivity index (χ3v) is 2.30. The van der Waals surface area contributed by atoms with Crippen LogP contribution in [0.5, 0.6) is 5.75 Å². The number of benzene rings is 1. The van der Waals surface area contributed by atoms with Crippen LogP contribution in [-0.2, 0) is 11.3 Å². The summed E-state index contributed by atoms with van der Waals surface area (Å²) in [7, 11) is 1.89. The van der Waals surface area contributed by atoms with Gasteiger partial charge in [0.05, 0.1) is 13.0 Å². The van der Waals surface area contributed by atoms with E-state index in [0.717, 1.165) is 17.9 Å². The molecule has 1 rings (SSSR count). The summed E-state index contributed by atoms with van der Waals surface area (Å²) in [5.41, 5.74) is 1.10. The molecule has 0 radical (unpaired) electrons. The smallest absolute Gasteiger partial charge is 0.223 e. The first-order valence-electron chi connectivity index (χ1n) is 5.90. The van der Waals surface area contributed by atoms with Crippen molar-refractivity contribution in [2.45, 2.75) is 19.9 Å². The van der Waals surface area contributed by atoms with Crippen LogP contribution in [0.15, 0.2) is 24.3 Å². The first-order valence-corrected chi connectivity index (χ1v) is 5.90. The van der Waals surface area contributed by atoms with Crippen molar-refractivity contribution in [3.05, 3.63) is 29.8 Å². The summed E-state index contributed by atoms with van der Waals surface area (Å²) in [5.74, 6) is 0.866. The second kappa shape index (κ2) is 7.68. The van der Waals surface area contributed by atoms with Crippen molar-refractivity contribution in [1.82, 2.24) is 10.6 Å². The normalized spacial score (nSPS) is 10.0. The number of hydrogen-bond donors (Lipinski definition) is 2. The fourth-order valence-electron chi connectivity index (χ4n) is 1.52. The van der Waals surface area contributed by atoms with Crippen LogP contribution in [0.1, 0.15) is 18.9 Å². The number of carbonyl (C=O) groups excluding carboxylic acids is 1. The summed E-state index contributed by atoms with van der Waals surface area (Å²) < 4.78 is 5.61. The Morgan fingerprint density at radius 2 is 2.12 bits per heavy atom. The molecule has 0 spiro atoms. The van der Waals surface area contributed by atoms with Gasteiger partial charge in [-0.05, 0) is 20.0 Å². The Balaban J connectivity index is 2.43. The average Bonchev–Trinajstić information content (AvgIpc) is 2.32. The number of para-hydroxylation sites is 1. The van der Waals surface area contributed by atoms with Gasteiger partial charge in [0, 0.05) is 18.7 Å². The zero-order valence-corrected chi connectivity index (χ0v) is 10.5. The third kappa shape index (κ3) is 4.87.